The Balaban J connectivity index is 1.35. The Kier molecular flexibility index (Phi) is 6.67. The van der Waals surface area contributed by atoms with Gasteiger partial charge in [-0.2, -0.15) is 4.98 Å². The van der Waals surface area contributed by atoms with Crippen molar-refractivity contribution in [2.45, 2.75) is 56.2 Å². The van der Waals surface area contributed by atoms with Gasteiger partial charge in [0.05, 0.1) is 18.4 Å². The number of carbonyl (C=O) groups is 1. The van der Waals surface area contributed by atoms with Crippen molar-refractivity contribution >= 4 is 17.7 Å². The van der Waals surface area contributed by atoms with Crippen molar-refractivity contribution < 1.29 is 9.53 Å². The Morgan fingerprint density at radius 1 is 1.24 bits per heavy atom. The first-order valence-electron chi connectivity index (χ1n) is 10.4. The van der Waals surface area contributed by atoms with Crippen LogP contribution in [0.25, 0.3) is 0 Å². The standard InChI is InChI=1S/C22H27N3O3S/c26-20(23-12-11-16-6-2-1-3-7-16)15-29-21-18-9-4-10-19(18)25(22(27)24-21)14-17-8-5-13-28-17/h1-3,6-7,17H,4-5,8-15H2,(H,23,26). The van der Waals surface area contributed by atoms with E-state index in [9.17, 15) is 9.59 Å². The van der Waals surface area contributed by atoms with Crippen molar-refractivity contribution in [2.75, 3.05) is 18.9 Å². The summed E-state index contributed by atoms with van der Waals surface area (Å²) in [4.78, 5) is 29.2. The summed E-state index contributed by atoms with van der Waals surface area (Å²) in [5, 5.41) is 3.68. The number of benzene rings is 1. The van der Waals surface area contributed by atoms with Crippen LogP contribution in [0.15, 0.2) is 40.2 Å². The molecule has 2 aromatic rings. The number of hydrogen-bond donors (Lipinski definition) is 1. The van der Waals surface area contributed by atoms with Crippen LogP contribution in [-0.4, -0.2) is 40.5 Å². The number of hydrogen-bond acceptors (Lipinski definition) is 5. The molecule has 1 aromatic carbocycles. The van der Waals surface area contributed by atoms with E-state index in [0.29, 0.717) is 13.1 Å². The summed E-state index contributed by atoms with van der Waals surface area (Å²) in [5.41, 5.74) is 3.22. The molecule has 1 aliphatic carbocycles. The molecule has 0 bridgehead atoms. The number of amides is 1. The summed E-state index contributed by atoms with van der Waals surface area (Å²) in [5.74, 6) is 0.256. The van der Waals surface area contributed by atoms with Crippen LogP contribution in [0.5, 0.6) is 0 Å². The van der Waals surface area contributed by atoms with Crippen LogP contribution >= 0.6 is 11.8 Å². The lowest BCUT2D eigenvalue weighted by molar-refractivity contribution is -0.118. The fourth-order valence-electron chi connectivity index (χ4n) is 4.06. The van der Waals surface area contributed by atoms with Crippen molar-refractivity contribution in [3.05, 3.63) is 57.6 Å². The van der Waals surface area contributed by atoms with E-state index in [1.54, 1.807) is 0 Å². The second-order valence-electron chi connectivity index (χ2n) is 7.60. The summed E-state index contributed by atoms with van der Waals surface area (Å²) in [6.45, 7) is 1.99. The molecule has 154 valence electrons. The number of aromatic nitrogens is 2. The second kappa shape index (κ2) is 9.59. The molecule has 0 saturated carbocycles. The number of nitrogens with one attached hydrogen (secondary N) is 1. The molecule has 4 rings (SSSR count). The summed E-state index contributed by atoms with van der Waals surface area (Å²) in [6.07, 6.45) is 5.84. The van der Waals surface area contributed by atoms with Crippen LogP contribution in [-0.2, 0) is 35.3 Å². The highest BCUT2D eigenvalue weighted by atomic mass is 32.2. The minimum atomic E-state index is -0.215. The highest BCUT2D eigenvalue weighted by molar-refractivity contribution is 7.99. The quantitative estimate of drug-likeness (QED) is 0.531. The lowest BCUT2D eigenvalue weighted by Gasteiger charge is -2.17. The average Bonchev–Trinajstić information content (AvgIpc) is 3.41. The topological polar surface area (TPSA) is 73.2 Å². The molecule has 1 amide bonds. The SMILES string of the molecule is O=C(CSc1nc(=O)n(CC2CCCO2)c2c1CCC2)NCCc1ccccc1. The van der Waals surface area contributed by atoms with Gasteiger partial charge in [0.2, 0.25) is 5.91 Å². The van der Waals surface area contributed by atoms with E-state index in [0.717, 1.165) is 61.4 Å². The van der Waals surface area contributed by atoms with E-state index in [2.05, 4.69) is 22.4 Å². The van der Waals surface area contributed by atoms with Crippen molar-refractivity contribution in [3.63, 3.8) is 0 Å². The van der Waals surface area contributed by atoms with Gasteiger partial charge in [0.25, 0.3) is 0 Å². The third-order valence-electron chi connectivity index (χ3n) is 5.53. The van der Waals surface area contributed by atoms with Crippen molar-refractivity contribution in [1.82, 2.24) is 14.9 Å². The van der Waals surface area contributed by atoms with Crippen LogP contribution < -0.4 is 11.0 Å². The first-order valence-corrected chi connectivity index (χ1v) is 11.4. The zero-order chi connectivity index (χ0) is 20.1. The Bertz CT molecular complexity index is 908. The fraction of sp³-hybridized carbons (Fsp3) is 0.500. The molecular formula is C22H27N3O3S. The Morgan fingerprint density at radius 2 is 2.10 bits per heavy atom. The van der Waals surface area contributed by atoms with Crippen LogP contribution in [0.3, 0.4) is 0 Å². The van der Waals surface area contributed by atoms with Gasteiger partial charge < -0.3 is 10.1 Å². The lowest BCUT2D eigenvalue weighted by Crippen LogP contribution is -2.32. The molecule has 1 unspecified atom stereocenters. The smallest absolute Gasteiger partial charge is 0.348 e. The molecule has 7 heteroatoms. The first-order chi connectivity index (χ1) is 14.2. The first kappa shape index (κ1) is 20.2. The molecule has 1 aliphatic heterocycles. The van der Waals surface area contributed by atoms with E-state index in [-0.39, 0.29) is 23.5 Å². The number of ether oxygens (including phenoxy) is 1. The second-order valence-corrected chi connectivity index (χ2v) is 8.56. The highest BCUT2D eigenvalue weighted by Gasteiger charge is 2.25. The molecule has 0 spiro atoms. The Morgan fingerprint density at radius 3 is 2.90 bits per heavy atom. The number of rotatable bonds is 8. The maximum atomic E-state index is 12.6. The number of thioether (sulfide) groups is 1. The Labute approximate surface area is 175 Å². The van der Waals surface area contributed by atoms with E-state index in [1.807, 2.05) is 22.8 Å². The largest absolute Gasteiger partial charge is 0.376 e. The lowest BCUT2D eigenvalue weighted by atomic mass is 10.1. The summed E-state index contributed by atoms with van der Waals surface area (Å²) >= 11 is 1.38. The van der Waals surface area contributed by atoms with Crippen LogP contribution in [0.4, 0.5) is 0 Å². The maximum Gasteiger partial charge on any atom is 0.348 e. The van der Waals surface area contributed by atoms with Gasteiger partial charge in [-0.05, 0) is 44.1 Å². The molecule has 1 N–H and O–H groups in total. The third-order valence-corrected chi connectivity index (χ3v) is 6.55. The van der Waals surface area contributed by atoms with Crippen molar-refractivity contribution in [1.29, 1.82) is 0 Å². The maximum absolute atomic E-state index is 12.6. The van der Waals surface area contributed by atoms with Crippen LogP contribution in [0, 0.1) is 0 Å². The molecule has 1 aromatic heterocycles. The third kappa shape index (κ3) is 5.08. The summed E-state index contributed by atoms with van der Waals surface area (Å²) < 4.78 is 7.51. The van der Waals surface area contributed by atoms with Crippen molar-refractivity contribution in [2.24, 2.45) is 0 Å². The van der Waals surface area contributed by atoms with E-state index in [1.165, 1.54) is 17.3 Å². The van der Waals surface area contributed by atoms with Gasteiger partial charge in [-0.15, -0.1) is 0 Å². The molecule has 29 heavy (non-hydrogen) atoms. The monoisotopic (exact) mass is 413 g/mol. The predicted molar refractivity (Wildman–Crippen MR) is 113 cm³/mol. The van der Waals surface area contributed by atoms with Crippen LogP contribution in [0.1, 0.15) is 36.1 Å². The fourth-order valence-corrected chi connectivity index (χ4v) is 4.97. The molecule has 1 atom stereocenters. The van der Waals surface area contributed by atoms with E-state index < -0.39 is 0 Å². The molecule has 6 nitrogen and oxygen atoms in total. The zero-order valence-corrected chi connectivity index (χ0v) is 17.4. The molecule has 1 fully saturated rings. The van der Waals surface area contributed by atoms with Gasteiger partial charge in [-0.25, -0.2) is 4.79 Å². The molecule has 2 aliphatic rings. The average molecular weight is 414 g/mol. The molecule has 0 radical (unpaired) electrons. The molecule has 2 heterocycles. The molecule has 1 saturated heterocycles. The minimum absolute atomic E-state index is 0.0250. The van der Waals surface area contributed by atoms with Gasteiger partial charge in [-0.3, -0.25) is 9.36 Å². The van der Waals surface area contributed by atoms with E-state index >= 15 is 0 Å². The summed E-state index contributed by atoms with van der Waals surface area (Å²) in [7, 11) is 0. The van der Waals surface area contributed by atoms with Gasteiger partial charge in [0, 0.05) is 24.4 Å². The molecular weight excluding hydrogens is 386 g/mol. The van der Waals surface area contributed by atoms with Gasteiger partial charge in [-0.1, -0.05) is 42.1 Å². The van der Waals surface area contributed by atoms with Gasteiger partial charge in [0.1, 0.15) is 5.03 Å². The highest BCUT2D eigenvalue weighted by Crippen LogP contribution is 2.29. The Hall–Kier alpha value is -2.12. The van der Waals surface area contributed by atoms with Gasteiger partial charge in [0.15, 0.2) is 0 Å². The summed E-state index contributed by atoms with van der Waals surface area (Å²) in [6, 6.07) is 10.1. The number of fused-ring (bicyclic) bond motifs is 1. The van der Waals surface area contributed by atoms with Gasteiger partial charge >= 0.3 is 5.69 Å². The zero-order valence-electron chi connectivity index (χ0n) is 16.6. The van der Waals surface area contributed by atoms with E-state index in [4.69, 9.17) is 4.74 Å². The van der Waals surface area contributed by atoms with Crippen LogP contribution in [0.2, 0.25) is 0 Å². The predicted octanol–water partition coefficient (Wildman–Crippen LogP) is 2.36. The van der Waals surface area contributed by atoms with Crippen molar-refractivity contribution in [3.8, 4) is 0 Å². The number of carbonyl (C=O) groups excluding carboxylic acids is 1. The number of nitrogens with zero attached hydrogens (tertiary/aromatic N) is 2. The normalized spacial score (nSPS) is 18.0. The minimum Gasteiger partial charge on any atom is -0.376 e.